The molecule has 24 heavy (non-hydrogen) atoms. The number of benzene rings is 1. The second-order valence-corrected chi connectivity index (χ2v) is 4.67. The lowest BCUT2D eigenvalue weighted by Crippen LogP contribution is -2.37. The van der Waals surface area contributed by atoms with Crippen molar-refractivity contribution in [1.29, 1.82) is 0 Å². The highest BCUT2D eigenvalue weighted by Gasteiger charge is 2.09. The number of guanidine groups is 1. The predicted octanol–water partition coefficient (Wildman–Crippen LogP) is 3.41. The highest BCUT2D eigenvalue weighted by atomic mass is 127. The van der Waals surface area contributed by atoms with Gasteiger partial charge in [-0.1, -0.05) is 18.2 Å². The maximum Gasteiger partial charge on any atom is 0.387 e. The van der Waals surface area contributed by atoms with E-state index in [0.717, 1.165) is 5.76 Å². The van der Waals surface area contributed by atoms with Crippen molar-refractivity contribution in [2.75, 3.05) is 13.6 Å². The summed E-state index contributed by atoms with van der Waals surface area (Å²) in [4.78, 5) is 4.09. The number of hydrogen-bond acceptors (Lipinski definition) is 3. The molecule has 5 nitrogen and oxygen atoms in total. The first-order valence-corrected chi connectivity index (χ1v) is 7.18. The normalized spacial score (nSPS) is 11.1. The third-order valence-electron chi connectivity index (χ3n) is 3.11. The van der Waals surface area contributed by atoms with Crippen molar-refractivity contribution in [2.24, 2.45) is 4.99 Å². The smallest absolute Gasteiger partial charge is 0.387 e. The van der Waals surface area contributed by atoms with Gasteiger partial charge in [0.15, 0.2) is 5.96 Å². The summed E-state index contributed by atoms with van der Waals surface area (Å²) in [6.07, 6.45) is 2.14. The predicted molar refractivity (Wildman–Crippen MR) is 99.1 cm³/mol. The molecule has 0 unspecified atom stereocenters. The van der Waals surface area contributed by atoms with Gasteiger partial charge in [0.25, 0.3) is 0 Å². The van der Waals surface area contributed by atoms with Crippen LogP contribution in [0.2, 0.25) is 0 Å². The van der Waals surface area contributed by atoms with Crippen LogP contribution in [-0.2, 0) is 13.0 Å². The van der Waals surface area contributed by atoms with Crippen molar-refractivity contribution in [1.82, 2.24) is 10.6 Å². The minimum atomic E-state index is -2.83. The zero-order chi connectivity index (χ0) is 16.5. The molecule has 0 bridgehead atoms. The Bertz CT molecular complexity index is 622. The zero-order valence-electron chi connectivity index (χ0n) is 13.2. The Balaban J connectivity index is 0.00000288. The van der Waals surface area contributed by atoms with Gasteiger partial charge in [-0.3, -0.25) is 4.99 Å². The van der Waals surface area contributed by atoms with Crippen LogP contribution in [0.3, 0.4) is 0 Å². The number of furan rings is 1. The second kappa shape index (κ2) is 10.8. The summed E-state index contributed by atoms with van der Waals surface area (Å²) < 4.78 is 34.5. The molecule has 1 aromatic heterocycles. The van der Waals surface area contributed by atoms with Gasteiger partial charge in [-0.15, -0.1) is 24.0 Å². The summed E-state index contributed by atoms with van der Waals surface area (Å²) in [6, 6.07) is 10.4. The van der Waals surface area contributed by atoms with E-state index in [0.29, 0.717) is 31.0 Å². The van der Waals surface area contributed by atoms with Crippen molar-refractivity contribution in [3.63, 3.8) is 0 Å². The molecule has 8 heteroatoms. The standard InChI is InChI=1S/C16H19F2N3O2.HI/c1-19-16(21-11-13-6-4-10-22-13)20-9-8-12-5-2-3-7-14(12)23-15(17)18;/h2-7,10,15H,8-9,11H2,1H3,(H2,19,20,21);1H. The topological polar surface area (TPSA) is 58.8 Å². The first-order chi connectivity index (χ1) is 11.2. The number of rotatable bonds is 7. The first-order valence-electron chi connectivity index (χ1n) is 7.18. The summed E-state index contributed by atoms with van der Waals surface area (Å²) in [5.74, 6) is 1.60. The summed E-state index contributed by atoms with van der Waals surface area (Å²) in [7, 11) is 1.66. The van der Waals surface area contributed by atoms with E-state index in [1.807, 2.05) is 12.1 Å². The van der Waals surface area contributed by atoms with Gasteiger partial charge in [0.2, 0.25) is 0 Å². The molecule has 0 radical (unpaired) electrons. The molecule has 0 aliphatic carbocycles. The molecule has 0 saturated carbocycles. The van der Waals surface area contributed by atoms with E-state index in [-0.39, 0.29) is 29.7 Å². The number of halogens is 3. The number of para-hydroxylation sites is 1. The van der Waals surface area contributed by atoms with Crippen LogP contribution >= 0.6 is 24.0 Å². The molecule has 0 fully saturated rings. The van der Waals surface area contributed by atoms with E-state index >= 15 is 0 Å². The molecular weight excluding hydrogens is 431 g/mol. The Labute approximate surface area is 156 Å². The highest BCUT2D eigenvalue weighted by Crippen LogP contribution is 2.20. The van der Waals surface area contributed by atoms with E-state index in [1.54, 1.807) is 31.5 Å². The summed E-state index contributed by atoms with van der Waals surface area (Å²) in [6.45, 7) is -1.79. The fourth-order valence-corrected chi connectivity index (χ4v) is 2.04. The number of nitrogens with one attached hydrogen (secondary N) is 2. The third-order valence-corrected chi connectivity index (χ3v) is 3.11. The number of aliphatic imine (C=N–C) groups is 1. The van der Waals surface area contributed by atoms with Gasteiger partial charge in [-0.25, -0.2) is 0 Å². The maximum absolute atomic E-state index is 12.4. The Morgan fingerprint density at radius 2 is 2.00 bits per heavy atom. The summed E-state index contributed by atoms with van der Waals surface area (Å²) >= 11 is 0. The zero-order valence-corrected chi connectivity index (χ0v) is 15.5. The Kier molecular flexibility index (Phi) is 9.13. The van der Waals surface area contributed by atoms with Gasteiger partial charge in [0.1, 0.15) is 11.5 Å². The lowest BCUT2D eigenvalue weighted by molar-refractivity contribution is -0.0504. The minimum absolute atomic E-state index is 0. The molecule has 2 N–H and O–H groups in total. The molecule has 0 amide bonds. The molecule has 2 aromatic rings. The van der Waals surface area contributed by atoms with Crippen molar-refractivity contribution in [3.05, 3.63) is 54.0 Å². The molecule has 0 aliphatic rings. The molecule has 1 aromatic carbocycles. The quantitative estimate of drug-likeness (QED) is 0.385. The van der Waals surface area contributed by atoms with E-state index in [9.17, 15) is 8.78 Å². The molecule has 132 valence electrons. The average Bonchev–Trinajstić information content (AvgIpc) is 3.05. The number of hydrogen-bond donors (Lipinski definition) is 2. The van der Waals surface area contributed by atoms with E-state index in [2.05, 4.69) is 20.4 Å². The van der Waals surface area contributed by atoms with Crippen molar-refractivity contribution >= 4 is 29.9 Å². The fourth-order valence-electron chi connectivity index (χ4n) is 2.04. The van der Waals surface area contributed by atoms with Crippen LogP contribution in [0.1, 0.15) is 11.3 Å². The molecule has 0 atom stereocenters. The van der Waals surface area contributed by atoms with Crippen LogP contribution in [0.4, 0.5) is 8.78 Å². The van der Waals surface area contributed by atoms with E-state index < -0.39 is 6.61 Å². The second-order valence-electron chi connectivity index (χ2n) is 4.67. The van der Waals surface area contributed by atoms with Crippen LogP contribution < -0.4 is 15.4 Å². The molecule has 0 saturated heterocycles. The fraction of sp³-hybridized carbons (Fsp3) is 0.312. The van der Waals surface area contributed by atoms with Crippen LogP contribution in [0.15, 0.2) is 52.1 Å². The van der Waals surface area contributed by atoms with Crippen molar-refractivity contribution in [3.8, 4) is 5.75 Å². The lowest BCUT2D eigenvalue weighted by Gasteiger charge is -2.13. The molecule has 1 heterocycles. The Morgan fingerprint density at radius 3 is 2.67 bits per heavy atom. The summed E-state index contributed by atoms with van der Waals surface area (Å²) in [5, 5.41) is 6.21. The molecular formula is C16H20F2IN3O2. The largest absolute Gasteiger partial charge is 0.467 e. The highest BCUT2D eigenvalue weighted by molar-refractivity contribution is 14.0. The van der Waals surface area contributed by atoms with Crippen LogP contribution in [0, 0.1) is 0 Å². The Hall–Kier alpha value is -1.84. The van der Waals surface area contributed by atoms with Gasteiger partial charge < -0.3 is 19.8 Å². The molecule has 0 spiro atoms. The monoisotopic (exact) mass is 451 g/mol. The third kappa shape index (κ3) is 6.73. The van der Waals surface area contributed by atoms with Crippen LogP contribution in [-0.4, -0.2) is 26.2 Å². The molecule has 2 rings (SSSR count). The van der Waals surface area contributed by atoms with E-state index in [4.69, 9.17) is 4.42 Å². The van der Waals surface area contributed by atoms with Crippen molar-refractivity contribution < 1.29 is 17.9 Å². The number of ether oxygens (including phenoxy) is 1. The number of alkyl halides is 2. The lowest BCUT2D eigenvalue weighted by atomic mass is 10.1. The van der Waals surface area contributed by atoms with Gasteiger partial charge in [-0.2, -0.15) is 8.78 Å². The van der Waals surface area contributed by atoms with Gasteiger partial charge in [-0.05, 0) is 30.2 Å². The van der Waals surface area contributed by atoms with Gasteiger partial charge in [0, 0.05) is 13.6 Å². The SMILES string of the molecule is CN=C(NCCc1ccccc1OC(F)F)NCc1ccco1.I. The average molecular weight is 451 g/mol. The minimum Gasteiger partial charge on any atom is -0.467 e. The van der Waals surface area contributed by atoms with Crippen LogP contribution in [0.25, 0.3) is 0 Å². The first kappa shape index (κ1) is 20.2. The maximum atomic E-state index is 12.4. The number of nitrogens with zero attached hydrogens (tertiary/aromatic N) is 1. The van der Waals surface area contributed by atoms with Gasteiger partial charge in [0.05, 0.1) is 12.8 Å². The van der Waals surface area contributed by atoms with Crippen molar-refractivity contribution in [2.45, 2.75) is 19.6 Å². The summed E-state index contributed by atoms with van der Waals surface area (Å²) in [5.41, 5.74) is 0.710. The Morgan fingerprint density at radius 1 is 1.21 bits per heavy atom. The van der Waals surface area contributed by atoms with Crippen LogP contribution in [0.5, 0.6) is 5.75 Å². The van der Waals surface area contributed by atoms with Gasteiger partial charge >= 0.3 is 6.61 Å². The van der Waals surface area contributed by atoms with E-state index in [1.165, 1.54) is 6.07 Å². The molecule has 0 aliphatic heterocycles.